The fraction of sp³-hybridized carbons (Fsp3) is 0.538. The van der Waals surface area contributed by atoms with Crippen molar-refractivity contribution in [2.75, 3.05) is 12.3 Å². The molecule has 0 radical (unpaired) electrons. The smallest absolute Gasteiger partial charge is 0.178 e. The number of hydrogen-bond donors (Lipinski definition) is 1. The second kappa shape index (κ2) is 5.80. The van der Waals surface area contributed by atoms with Crippen LogP contribution >= 0.6 is 0 Å². The van der Waals surface area contributed by atoms with E-state index in [0.29, 0.717) is 13.0 Å². The van der Waals surface area contributed by atoms with Crippen molar-refractivity contribution in [1.29, 1.82) is 0 Å². The van der Waals surface area contributed by atoms with Gasteiger partial charge in [-0.05, 0) is 43.0 Å². The quantitative estimate of drug-likeness (QED) is 0.865. The lowest BCUT2D eigenvalue weighted by Gasteiger charge is -2.21. The first kappa shape index (κ1) is 15.1. The lowest BCUT2D eigenvalue weighted by atomic mass is 9.88. The Balaban J connectivity index is 2.67. The number of sulfone groups is 1. The molecule has 18 heavy (non-hydrogen) atoms. The van der Waals surface area contributed by atoms with Gasteiger partial charge in [0.2, 0.25) is 0 Å². The van der Waals surface area contributed by atoms with Crippen LogP contribution in [0.5, 0.6) is 0 Å². The summed E-state index contributed by atoms with van der Waals surface area (Å²) < 4.78 is 36.9. The highest BCUT2D eigenvalue weighted by Gasteiger charge is 2.19. The summed E-state index contributed by atoms with van der Waals surface area (Å²) in [6.45, 7) is 4.52. The van der Waals surface area contributed by atoms with E-state index in [1.165, 1.54) is 18.2 Å². The molecule has 102 valence electrons. The molecule has 0 aromatic heterocycles. The highest BCUT2D eigenvalue weighted by atomic mass is 32.2. The lowest BCUT2D eigenvalue weighted by molar-refractivity contribution is 0.344. The normalized spacial score (nSPS) is 12.7. The molecule has 0 heterocycles. The Kier molecular flexibility index (Phi) is 4.87. The summed E-state index contributed by atoms with van der Waals surface area (Å²) in [5.41, 5.74) is 5.53. The molecule has 5 heteroatoms. The number of benzene rings is 1. The average molecular weight is 273 g/mol. The highest BCUT2D eigenvalue weighted by Crippen LogP contribution is 2.22. The maximum absolute atomic E-state index is 13.0. The second-order valence-electron chi connectivity index (χ2n) is 5.25. The van der Waals surface area contributed by atoms with Gasteiger partial charge in [-0.1, -0.05) is 19.9 Å². The van der Waals surface area contributed by atoms with Crippen LogP contribution in [0, 0.1) is 11.2 Å². The van der Waals surface area contributed by atoms with Crippen LogP contribution in [0.25, 0.3) is 0 Å². The molecule has 0 unspecified atom stereocenters. The number of nitrogens with two attached hydrogens (primary N) is 1. The van der Waals surface area contributed by atoms with Gasteiger partial charge in [0.05, 0.1) is 10.6 Å². The maximum Gasteiger partial charge on any atom is 0.178 e. The van der Waals surface area contributed by atoms with E-state index in [1.54, 1.807) is 0 Å². The summed E-state index contributed by atoms with van der Waals surface area (Å²) in [7, 11) is -3.39. The molecule has 0 spiro atoms. The third kappa shape index (κ3) is 4.38. The minimum absolute atomic E-state index is 0.0277. The molecule has 0 aliphatic carbocycles. The Hall–Kier alpha value is -0.940. The molecular formula is C13H20FNO2S. The molecule has 3 nitrogen and oxygen atoms in total. The summed E-state index contributed by atoms with van der Waals surface area (Å²) in [4.78, 5) is 0.0491. The van der Waals surface area contributed by atoms with E-state index in [9.17, 15) is 12.8 Å². The molecular weight excluding hydrogens is 253 g/mol. The topological polar surface area (TPSA) is 60.2 Å². The van der Waals surface area contributed by atoms with E-state index >= 15 is 0 Å². The molecule has 1 aromatic rings. The molecule has 2 N–H and O–H groups in total. The molecule has 0 saturated carbocycles. The molecule has 0 aliphatic rings. The summed E-state index contributed by atoms with van der Waals surface area (Å²) in [5, 5.41) is 0. The van der Waals surface area contributed by atoms with E-state index in [4.69, 9.17) is 5.73 Å². The van der Waals surface area contributed by atoms with Crippen molar-refractivity contribution in [2.24, 2.45) is 11.1 Å². The predicted molar refractivity (Wildman–Crippen MR) is 70.5 cm³/mol. The van der Waals surface area contributed by atoms with Crippen LogP contribution in [0.15, 0.2) is 29.2 Å². The van der Waals surface area contributed by atoms with Gasteiger partial charge in [-0.25, -0.2) is 12.8 Å². The fourth-order valence-electron chi connectivity index (χ4n) is 1.62. The molecule has 0 atom stereocenters. The standard InChI is InChI=1S/C13H20FNO2S/c1-13(2,10-15)7-4-8-18(16,17)12-6-3-5-11(14)9-12/h3,5-6,9H,4,7-8,10,15H2,1-2H3. The molecule has 0 saturated heterocycles. The van der Waals surface area contributed by atoms with Gasteiger partial charge in [0, 0.05) is 0 Å². The monoisotopic (exact) mass is 273 g/mol. The Morgan fingerprint density at radius 3 is 2.56 bits per heavy atom. The number of halogens is 1. The van der Waals surface area contributed by atoms with Crippen LogP contribution in [0.2, 0.25) is 0 Å². The Labute approximate surface area is 108 Å². The van der Waals surface area contributed by atoms with Gasteiger partial charge in [-0.15, -0.1) is 0 Å². The Bertz CT molecular complexity index is 497. The van der Waals surface area contributed by atoms with Gasteiger partial charge in [0.25, 0.3) is 0 Å². The van der Waals surface area contributed by atoms with Crippen LogP contribution in [-0.4, -0.2) is 20.7 Å². The molecule has 0 bridgehead atoms. The van der Waals surface area contributed by atoms with Crippen molar-refractivity contribution in [3.63, 3.8) is 0 Å². The van der Waals surface area contributed by atoms with Crippen LogP contribution < -0.4 is 5.73 Å². The SMILES string of the molecule is CC(C)(CN)CCCS(=O)(=O)c1cccc(F)c1. The first-order chi connectivity index (χ1) is 8.27. The van der Waals surface area contributed by atoms with Gasteiger partial charge in [-0.3, -0.25) is 0 Å². The van der Waals surface area contributed by atoms with Gasteiger partial charge < -0.3 is 5.73 Å². The van der Waals surface area contributed by atoms with Crippen molar-refractivity contribution < 1.29 is 12.8 Å². The highest BCUT2D eigenvalue weighted by molar-refractivity contribution is 7.91. The minimum Gasteiger partial charge on any atom is -0.330 e. The van der Waals surface area contributed by atoms with Crippen molar-refractivity contribution in [1.82, 2.24) is 0 Å². The molecule has 1 aromatic carbocycles. The largest absolute Gasteiger partial charge is 0.330 e. The Morgan fingerprint density at radius 1 is 1.33 bits per heavy atom. The zero-order chi connectivity index (χ0) is 13.8. The van der Waals surface area contributed by atoms with Crippen LogP contribution in [0.1, 0.15) is 26.7 Å². The van der Waals surface area contributed by atoms with Crippen molar-refractivity contribution >= 4 is 9.84 Å². The molecule has 0 aliphatic heterocycles. The first-order valence-electron chi connectivity index (χ1n) is 5.95. The van der Waals surface area contributed by atoms with E-state index in [-0.39, 0.29) is 16.1 Å². The fourth-order valence-corrected chi connectivity index (χ4v) is 2.96. The number of hydrogen-bond acceptors (Lipinski definition) is 3. The summed E-state index contributed by atoms with van der Waals surface area (Å²) in [6.07, 6.45) is 1.26. The van der Waals surface area contributed by atoms with Crippen molar-refractivity contribution in [3.05, 3.63) is 30.1 Å². The summed E-state index contributed by atoms with van der Waals surface area (Å²) >= 11 is 0. The number of rotatable bonds is 6. The van der Waals surface area contributed by atoms with Gasteiger partial charge in [-0.2, -0.15) is 0 Å². The summed E-state index contributed by atoms with van der Waals surface area (Å²) in [6, 6.07) is 5.12. The third-order valence-electron chi connectivity index (χ3n) is 2.97. The van der Waals surface area contributed by atoms with Gasteiger partial charge in [0.15, 0.2) is 9.84 Å². The van der Waals surface area contributed by atoms with E-state index < -0.39 is 15.7 Å². The van der Waals surface area contributed by atoms with Crippen molar-refractivity contribution in [3.8, 4) is 0 Å². The molecule has 0 amide bonds. The van der Waals surface area contributed by atoms with Gasteiger partial charge >= 0.3 is 0 Å². The zero-order valence-corrected chi connectivity index (χ0v) is 11.6. The molecule has 0 fully saturated rings. The lowest BCUT2D eigenvalue weighted by Crippen LogP contribution is -2.24. The second-order valence-corrected chi connectivity index (χ2v) is 7.36. The van der Waals surface area contributed by atoms with Crippen LogP contribution in [-0.2, 0) is 9.84 Å². The summed E-state index contributed by atoms with van der Waals surface area (Å²) in [5.74, 6) is -0.502. The van der Waals surface area contributed by atoms with E-state index in [0.717, 1.165) is 12.5 Å². The maximum atomic E-state index is 13.0. The van der Waals surface area contributed by atoms with Gasteiger partial charge in [0.1, 0.15) is 5.82 Å². The van der Waals surface area contributed by atoms with E-state index in [1.807, 2.05) is 13.8 Å². The average Bonchev–Trinajstić information content (AvgIpc) is 2.28. The van der Waals surface area contributed by atoms with Crippen LogP contribution in [0.4, 0.5) is 4.39 Å². The molecule has 1 rings (SSSR count). The Morgan fingerprint density at radius 2 is 2.00 bits per heavy atom. The van der Waals surface area contributed by atoms with Crippen molar-refractivity contribution in [2.45, 2.75) is 31.6 Å². The third-order valence-corrected chi connectivity index (χ3v) is 4.77. The minimum atomic E-state index is -3.39. The zero-order valence-electron chi connectivity index (χ0n) is 10.8. The van der Waals surface area contributed by atoms with Crippen LogP contribution in [0.3, 0.4) is 0 Å². The van der Waals surface area contributed by atoms with E-state index in [2.05, 4.69) is 0 Å². The predicted octanol–water partition coefficient (Wildman–Crippen LogP) is 2.36. The first-order valence-corrected chi connectivity index (χ1v) is 7.60.